The third-order valence-electron chi connectivity index (χ3n) is 8.13. The first-order chi connectivity index (χ1) is 20.4. The van der Waals surface area contributed by atoms with Gasteiger partial charge < -0.3 is 34.6 Å². The first kappa shape index (κ1) is 26.6. The Labute approximate surface area is 243 Å². The molecule has 3 saturated heterocycles. The van der Waals surface area contributed by atoms with Crippen molar-refractivity contribution in [2.24, 2.45) is 0 Å². The summed E-state index contributed by atoms with van der Waals surface area (Å²) < 4.78 is 16.8. The first-order valence-corrected chi connectivity index (χ1v) is 14.4. The highest BCUT2D eigenvalue weighted by Gasteiger charge is 2.40. The van der Waals surface area contributed by atoms with Crippen LogP contribution in [0.5, 0.6) is 0 Å². The number of fused-ring (bicyclic) bond motifs is 3. The Balaban J connectivity index is 1.12. The van der Waals surface area contributed by atoms with Crippen molar-refractivity contribution in [3.8, 4) is 11.4 Å². The smallest absolute Gasteiger partial charge is 0.338 e. The number of esters is 1. The van der Waals surface area contributed by atoms with Gasteiger partial charge in [0.1, 0.15) is 6.61 Å². The molecule has 12 nitrogen and oxygen atoms in total. The Morgan fingerprint density at radius 3 is 2.29 bits per heavy atom. The van der Waals surface area contributed by atoms with E-state index in [4.69, 9.17) is 29.2 Å². The molecule has 4 aliphatic heterocycles. The molecule has 218 valence electrons. The number of carbonyl (C=O) groups is 2. The number of hydrogen-bond donors (Lipinski definition) is 2. The number of urea groups is 1. The van der Waals surface area contributed by atoms with Gasteiger partial charge in [-0.05, 0) is 69.2 Å². The largest absolute Gasteiger partial charge is 0.457 e. The monoisotopic (exact) mass is 571 g/mol. The van der Waals surface area contributed by atoms with Gasteiger partial charge in [-0.25, -0.2) is 9.59 Å². The summed E-state index contributed by atoms with van der Waals surface area (Å²) in [6, 6.07) is 12.7. The molecule has 4 atom stereocenters. The molecule has 3 fully saturated rings. The fraction of sp³-hybridized carbons (Fsp3) is 0.433. The van der Waals surface area contributed by atoms with Crippen LogP contribution < -0.4 is 20.4 Å². The minimum Gasteiger partial charge on any atom is -0.457 e. The fourth-order valence-electron chi connectivity index (χ4n) is 6.24. The van der Waals surface area contributed by atoms with Gasteiger partial charge in [-0.15, -0.1) is 0 Å². The predicted octanol–water partition coefficient (Wildman–Crippen LogP) is 3.83. The normalized spacial score (nSPS) is 24.8. The van der Waals surface area contributed by atoms with Crippen LogP contribution in [0.2, 0.25) is 0 Å². The van der Waals surface area contributed by atoms with Crippen molar-refractivity contribution in [2.75, 3.05) is 46.7 Å². The number of anilines is 4. The van der Waals surface area contributed by atoms with Gasteiger partial charge in [-0.2, -0.15) is 15.0 Å². The van der Waals surface area contributed by atoms with Gasteiger partial charge in [-0.3, -0.25) is 0 Å². The van der Waals surface area contributed by atoms with Crippen LogP contribution in [0.1, 0.15) is 42.6 Å². The Morgan fingerprint density at radius 1 is 0.881 bits per heavy atom. The van der Waals surface area contributed by atoms with E-state index in [2.05, 4.69) is 34.3 Å². The zero-order valence-corrected chi connectivity index (χ0v) is 23.6. The number of cyclic esters (lactones) is 1. The summed E-state index contributed by atoms with van der Waals surface area (Å²) in [7, 11) is 0. The van der Waals surface area contributed by atoms with E-state index in [1.807, 2.05) is 24.3 Å². The van der Waals surface area contributed by atoms with Crippen LogP contribution in [0.25, 0.3) is 11.4 Å². The van der Waals surface area contributed by atoms with Crippen molar-refractivity contribution in [2.45, 2.75) is 57.6 Å². The Morgan fingerprint density at radius 2 is 1.55 bits per heavy atom. The van der Waals surface area contributed by atoms with Gasteiger partial charge in [0.05, 0.1) is 43.1 Å². The van der Waals surface area contributed by atoms with Crippen LogP contribution in [0.4, 0.5) is 28.1 Å². The van der Waals surface area contributed by atoms with Gasteiger partial charge in [0.2, 0.25) is 11.9 Å². The average Bonchev–Trinajstić information content (AvgIpc) is 3.47. The summed E-state index contributed by atoms with van der Waals surface area (Å²) in [6.07, 6.45) is 2.26. The first-order valence-electron chi connectivity index (χ1n) is 14.4. The van der Waals surface area contributed by atoms with Crippen molar-refractivity contribution in [3.05, 3.63) is 53.6 Å². The van der Waals surface area contributed by atoms with Crippen molar-refractivity contribution in [1.29, 1.82) is 0 Å². The van der Waals surface area contributed by atoms with E-state index in [0.29, 0.717) is 61.0 Å². The highest BCUT2D eigenvalue weighted by molar-refractivity contribution is 6.01. The highest BCUT2D eigenvalue weighted by atomic mass is 16.5. The molecule has 4 aliphatic rings. The van der Waals surface area contributed by atoms with E-state index >= 15 is 0 Å². The SMILES string of the molecule is C[C@@H]1CN(c2nc(-c3ccc(NC(=O)Nc4ccc5c(c4)COC5=O)cc3)nc(N3[C@@H]4CC[C@H]3COC4)n2)C[C@H](C)O1. The maximum absolute atomic E-state index is 12.7. The lowest BCUT2D eigenvalue weighted by Gasteiger charge is -2.37. The summed E-state index contributed by atoms with van der Waals surface area (Å²) in [5.74, 6) is 1.56. The molecule has 2 amide bonds. The van der Waals surface area contributed by atoms with Gasteiger partial charge in [0.15, 0.2) is 5.82 Å². The summed E-state index contributed by atoms with van der Waals surface area (Å²) in [4.78, 5) is 43.6. The Hall–Kier alpha value is -4.29. The van der Waals surface area contributed by atoms with Crippen LogP contribution in [0, 0.1) is 0 Å². The van der Waals surface area contributed by atoms with Crippen LogP contribution >= 0.6 is 0 Å². The van der Waals surface area contributed by atoms with Gasteiger partial charge in [-0.1, -0.05) is 0 Å². The number of amides is 2. The molecule has 0 spiro atoms. The third kappa shape index (κ3) is 5.23. The molecule has 2 aromatic carbocycles. The lowest BCUT2D eigenvalue weighted by Crippen LogP contribution is -2.48. The fourth-order valence-corrected chi connectivity index (χ4v) is 6.24. The lowest BCUT2D eigenvalue weighted by molar-refractivity contribution is -0.00573. The second-order valence-corrected chi connectivity index (χ2v) is 11.4. The zero-order valence-electron chi connectivity index (χ0n) is 23.6. The molecule has 3 aromatic rings. The zero-order chi connectivity index (χ0) is 28.8. The highest BCUT2D eigenvalue weighted by Crippen LogP contribution is 2.34. The average molecular weight is 572 g/mol. The summed E-state index contributed by atoms with van der Waals surface area (Å²) in [6.45, 7) is 7.11. The van der Waals surface area contributed by atoms with Crippen molar-refractivity contribution in [3.63, 3.8) is 0 Å². The number of hydrogen-bond acceptors (Lipinski definition) is 10. The number of carbonyl (C=O) groups excluding carboxylic acids is 2. The third-order valence-corrected chi connectivity index (χ3v) is 8.13. The van der Waals surface area contributed by atoms with E-state index in [-0.39, 0.29) is 36.9 Å². The standard InChI is InChI=1S/C30H33N7O5/c1-17-12-36(13-18(2)42-17)28-33-26(34-29(35-28)37-23-8-9-24(37)16-40-15-23)19-3-5-21(6-4-19)31-30(39)32-22-7-10-25-20(11-22)14-41-27(25)38/h3-7,10-11,17-18,23-24H,8-9,12-16H2,1-2H3,(H2,31,32,39)/t17-,18+,23-,24+. The van der Waals surface area contributed by atoms with Crippen LogP contribution in [0.3, 0.4) is 0 Å². The molecule has 7 rings (SSSR count). The van der Waals surface area contributed by atoms with Gasteiger partial charge in [0, 0.05) is 35.6 Å². The Bertz CT molecular complexity index is 1490. The van der Waals surface area contributed by atoms with Crippen LogP contribution in [-0.4, -0.2) is 77.5 Å². The molecule has 0 unspecified atom stereocenters. The van der Waals surface area contributed by atoms with Gasteiger partial charge >= 0.3 is 12.0 Å². The molecule has 0 radical (unpaired) electrons. The summed E-state index contributed by atoms with van der Waals surface area (Å²) in [5.41, 5.74) is 3.30. The van der Waals surface area contributed by atoms with Crippen LogP contribution in [-0.2, 0) is 20.8 Å². The number of benzene rings is 2. The maximum atomic E-state index is 12.7. The van der Waals surface area contributed by atoms with Crippen molar-refractivity contribution >= 4 is 35.3 Å². The van der Waals surface area contributed by atoms with E-state index in [1.54, 1.807) is 18.2 Å². The molecular formula is C30H33N7O5. The molecule has 2 N–H and O–H groups in total. The number of aromatic nitrogens is 3. The van der Waals surface area contributed by atoms with E-state index < -0.39 is 6.03 Å². The number of nitrogens with zero attached hydrogens (tertiary/aromatic N) is 5. The topological polar surface area (TPSA) is 131 Å². The van der Waals surface area contributed by atoms with Gasteiger partial charge in [0.25, 0.3) is 0 Å². The van der Waals surface area contributed by atoms with Crippen LogP contribution in [0.15, 0.2) is 42.5 Å². The predicted molar refractivity (Wildman–Crippen MR) is 156 cm³/mol. The second-order valence-electron chi connectivity index (χ2n) is 11.4. The van der Waals surface area contributed by atoms with Crippen molar-refractivity contribution in [1.82, 2.24) is 15.0 Å². The second kappa shape index (κ2) is 10.8. The van der Waals surface area contributed by atoms with E-state index in [9.17, 15) is 9.59 Å². The number of ether oxygens (including phenoxy) is 3. The maximum Gasteiger partial charge on any atom is 0.338 e. The molecule has 0 saturated carbocycles. The molecule has 42 heavy (non-hydrogen) atoms. The Kier molecular flexibility index (Phi) is 6.87. The molecular weight excluding hydrogens is 538 g/mol. The minimum absolute atomic E-state index is 0.0705. The number of rotatable bonds is 5. The molecule has 1 aromatic heterocycles. The summed E-state index contributed by atoms with van der Waals surface area (Å²) in [5, 5.41) is 5.66. The number of morpholine rings is 2. The molecule has 0 aliphatic carbocycles. The summed E-state index contributed by atoms with van der Waals surface area (Å²) >= 11 is 0. The molecule has 12 heteroatoms. The van der Waals surface area contributed by atoms with E-state index in [0.717, 1.165) is 24.0 Å². The lowest BCUT2D eigenvalue weighted by atomic mass is 10.1. The van der Waals surface area contributed by atoms with E-state index in [1.165, 1.54) is 0 Å². The number of nitrogens with one attached hydrogen (secondary N) is 2. The van der Waals surface area contributed by atoms with Crippen molar-refractivity contribution < 1.29 is 23.8 Å². The molecule has 2 bridgehead atoms. The minimum atomic E-state index is -0.393. The molecule has 5 heterocycles. The quantitative estimate of drug-likeness (QED) is 0.436.